The minimum absolute atomic E-state index is 0.0326. The first-order chi connectivity index (χ1) is 15.8. The molecule has 1 fully saturated rings. The highest BCUT2D eigenvalue weighted by Crippen LogP contribution is 2.28. The molecule has 6 nitrogen and oxygen atoms in total. The van der Waals surface area contributed by atoms with Gasteiger partial charge >= 0.3 is 0 Å². The van der Waals surface area contributed by atoms with Crippen LogP contribution in [0, 0.1) is 0 Å². The molecule has 1 heterocycles. The molecule has 6 heteroatoms. The number of hydrogen-bond acceptors (Lipinski definition) is 5. The summed E-state index contributed by atoms with van der Waals surface area (Å²) in [6.07, 6.45) is 2.12. The van der Waals surface area contributed by atoms with Gasteiger partial charge in [-0.1, -0.05) is 37.3 Å². The van der Waals surface area contributed by atoms with Crippen LogP contribution in [0.25, 0.3) is 0 Å². The summed E-state index contributed by atoms with van der Waals surface area (Å²) < 4.78 is 10.8. The van der Waals surface area contributed by atoms with Crippen molar-refractivity contribution in [3.63, 3.8) is 0 Å². The molecule has 0 saturated carbocycles. The number of methoxy groups -OCH3 is 1. The number of nitrogens with one attached hydrogen (secondary N) is 1. The summed E-state index contributed by atoms with van der Waals surface area (Å²) in [6, 6.07) is 18.7. The van der Waals surface area contributed by atoms with Crippen molar-refractivity contribution in [2.75, 3.05) is 45.5 Å². The SMILES string of the molecule is CCC(C)(C)NC(=O)c1ccc(N(C)[C@H](CN2CC[C@H](OCOC)C2)c2ccccc2)cc1. The second-order valence-corrected chi connectivity index (χ2v) is 9.52. The fraction of sp³-hybridized carbons (Fsp3) is 0.519. The number of ether oxygens (including phenoxy) is 2. The predicted octanol–water partition coefficient (Wildman–Crippen LogP) is 4.48. The fourth-order valence-corrected chi connectivity index (χ4v) is 4.13. The van der Waals surface area contributed by atoms with Crippen molar-refractivity contribution in [1.29, 1.82) is 0 Å². The zero-order valence-corrected chi connectivity index (χ0v) is 20.7. The van der Waals surface area contributed by atoms with Crippen LogP contribution in [0.4, 0.5) is 5.69 Å². The molecule has 33 heavy (non-hydrogen) atoms. The molecule has 2 aromatic carbocycles. The first-order valence-electron chi connectivity index (χ1n) is 11.9. The molecule has 0 unspecified atom stereocenters. The van der Waals surface area contributed by atoms with Crippen LogP contribution in [0.1, 0.15) is 55.6 Å². The number of likely N-dealkylation sites (N-methyl/N-ethyl adjacent to an activating group) is 1. The van der Waals surface area contributed by atoms with Gasteiger partial charge in [-0.15, -0.1) is 0 Å². The number of carbonyl (C=O) groups excluding carboxylic acids is 1. The van der Waals surface area contributed by atoms with E-state index in [-0.39, 0.29) is 23.6 Å². The van der Waals surface area contributed by atoms with E-state index >= 15 is 0 Å². The molecule has 1 amide bonds. The number of likely N-dealkylation sites (tertiary alicyclic amines) is 1. The summed E-state index contributed by atoms with van der Waals surface area (Å²) in [4.78, 5) is 17.4. The van der Waals surface area contributed by atoms with Crippen molar-refractivity contribution in [1.82, 2.24) is 10.2 Å². The van der Waals surface area contributed by atoms with E-state index in [4.69, 9.17) is 9.47 Å². The lowest BCUT2D eigenvalue weighted by Gasteiger charge is -2.34. The summed E-state index contributed by atoms with van der Waals surface area (Å²) >= 11 is 0. The van der Waals surface area contributed by atoms with E-state index in [1.165, 1.54) is 5.56 Å². The molecule has 0 spiro atoms. The number of nitrogens with zero attached hydrogens (tertiary/aromatic N) is 2. The van der Waals surface area contributed by atoms with E-state index in [1.54, 1.807) is 7.11 Å². The van der Waals surface area contributed by atoms with Crippen LogP contribution in [0.2, 0.25) is 0 Å². The Labute approximate surface area is 198 Å². The lowest BCUT2D eigenvalue weighted by atomic mass is 10.0. The molecule has 0 aliphatic carbocycles. The van der Waals surface area contributed by atoms with Crippen LogP contribution in [0.15, 0.2) is 54.6 Å². The van der Waals surface area contributed by atoms with Gasteiger partial charge in [0.25, 0.3) is 5.91 Å². The summed E-state index contributed by atoms with van der Waals surface area (Å²) in [5.74, 6) is -0.0326. The van der Waals surface area contributed by atoms with Crippen molar-refractivity contribution in [2.45, 2.75) is 51.3 Å². The van der Waals surface area contributed by atoms with Crippen molar-refractivity contribution < 1.29 is 14.3 Å². The number of benzene rings is 2. The predicted molar refractivity (Wildman–Crippen MR) is 134 cm³/mol. The third kappa shape index (κ3) is 7.03. The number of hydrogen-bond donors (Lipinski definition) is 1. The van der Waals surface area contributed by atoms with Gasteiger partial charge in [-0.25, -0.2) is 0 Å². The average molecular weight is 454 g/mol. The third-order valence-electron chi connectivity index (χ3n) is 6.61. The van der Waals surface area contributed by atoms with E-state index < -0.39 is 0 Å². The fourth-order valence-electron chi connectivity index (χ4n) is 4.13. The Morgan fingerprint density at radius 3 is 2.52 bits per heavy atom. The van der Waals surface area contributed by atoms with Gasteiger partial charge in [-0.05, 0) is 56.5 Å². The van der Waals surface area contributed by atoms with E-state index in [9.17, 15) is 4.79 Å². The molecular weight excluding hydrogens is 414 g/mol. The first-order valence-corrected chi connectivity index (χ1v) is 11.9. The lowest BCUT2D eigenvalue weighted by Crippen LogP contribution is -2.42. The Hall–Kier alpha value is -2.41. The maximum atomic E-state index is 12.6. The zero-order valence-electron chi connectivity index (χ0n) is 20.7. The summed E-state index contributed by atoms with van der Waals surface area (Å²) in [6.45, 7) is 9.33. The molecule has 2 atom stereocenters. The van der Waals surface area contributed by atoms with Crippen molar-refractivity contribution in [3.8, 4) is 0 Å². The molecule has 0 aromatic heterocycles. The number of amides is 1. The van der Waals surface area contributed by atoms with Crippen molar-refractivity contribution in [2.24, 2.45) is 0 Å². The van der Waals surface area contributed by atoms with Crippen LogP contribution in [-0.4, -0.2) is 63.0 Å². The van der Waals surface area contributed by atoms with Gasteiger partial charge in [-0.2, -0.15) is 0 Å². The van der Waals surface area contributed by atoms with Gasteiger partial charge in [-0.3, -0.25) is 9.69 Å². The van der Waals surface area contributed by atoms with E-state index in [0.717, 1.165) is 38.2 Å². The van der Waals surface area contributed by atoms with Crippen LogP contribution in [0.3, 0.4) is 0 Å². The van der Waals surface area contributed by atoms with Crippen molar-refractivity contribution in [3.05, 3.63) is 65.7 Å². The molecular formula is C27H39N3O3. The summed E-state index contributed by atoms with van der Waals surface area (Å²) in [5.41, 5.74) is 2.82. The number of rotatable bonds is 11. The lowest BCUT2D eigenvalue weighted by molar-refractivity contribution is -0.0671. The normalized spacial score (nSPS) is 17.7. The monoisotopic (exact) mass is 453 g/mol. The van der Waals surface area contributed by atoms with Gasteiger partial charge < -0.3 is 19.7 Å². The molecule has 0 radical (unpaired) electrons. The highest BCUT2D eigenvalue weighted by atomic mass is 16.7. The highest BCUT2D eigenvalue weighted by Gasteiger charge is 2.28. The zero-order chi connectivity index (χ0) is 23.8. The van der Waals surface area contributed by atoms with Crippen LogP contribution in [0.5, 0.6) is 0 Å². The van der Waals surface area contributed by atoms with Crippen molar-refractivity contribution >= 4 is 11.6 Å². The van der Waals surface area contributed by atoms with Gasteiger partial charge in [0.05, 0.1) is 12.1 Å². The average Bonchev–Trinajstić information content (AvgIpc) is 3.28. The van der Waals surface area contributed by atoms with Crippen LogP contribution < -0.4 is 10.2 Å². The first kappa shape index (κ1) is 25.2. The highest BCUT2D eigenvalue weighted by molar-refractivity contribution is 5.95. The second-order valence-electron chi connectivity index (χ2n) is 9.52. The number of carbonyl (C=O) groups is 1. The maximum absolute atomic E-state index is 12.6. The standard InChI is InChI=1S/C27H39N3O3/c1-6-27(2,3)28-26(31)22-12-14-23(15-13-22)29(4)25(21-10-8-7-9-11-21)19-30-17-16-24(18-30)33-20-32-5/h7-15,24-25H,6,16-20H2,1-5H3,(H,28,31)/t24-,25+/m0/s1. The van der Waals surface area contributed by atoms with Crippen LogP contribution in [-0.2, 0) is 9.47 Å². The minimum Gasteiger partial charge on any atom is -0.366 e. The van der Waals surface area contributed by atoms with E-state index in [0.29, 0.717) is 12.4 Å². The van der Waals surface area contributed by atoms with Gasteiger partial charge in [0.2, 0.25) is 0 Å². The summed E-state index contributed by atoms with van der Waals surface area (Å²) in [7, 11) is 3.79. The van der Waals surface area contributed by atoms with Crippen LogP contribution >= 0.6 is 0 Å². The minimum atomic E-state index is -0.217. The van der Waals surface area contributed by atoms with Gasteiger partial charge in [0, 0.05) is 50.6 Å². The third-order valence-corrected chi connectivity index (χ3v) is 6.61. The Balaban J connectivity index is 1.72. The topological polar surface area (TPSA) is 54.0 Å². The smallest absolute Gasteiger partial charge is 0.251 e. The number of anilines is 1. The molecule has 3 rings (SSSR count). The Bertz CT molecular complexity index is 870. The summed E-state index contributed by atoms with van der Waals surface area (Å²) in [5, 5.41) is 3.11. The molecule has 180 valence electrons. The van der Waals surface area contributed by atoms with E-state index in [2.05, 4.69) is 59.4 Å². The quantitative estimate of drug-likeness (QED) is 0.509. The molecule has 1 saturated heterocycles. The molecule has 0 bridgehead atoms. The molecule has 2 aromatic rings. The maximum Gasteiger partial charge on any atom is 0.251 e. The Morgan fingerprint density at radius 2 is 1.88 bits per heavy atom. The Morgan fingerprint density at radius 1 is 1.18 bits per heavy atom. The second kappa shape index (κ2) is 11.6. The molecule has 1 aliphatic rings. The Kier molecular flexibility index (Phi) is 8.89. The molecule has 1 aliphatic heterocycles. The van der Waals surface area contributed by atoms with E-state index in [1.807, 2.05) is 38.1 Å². The molecule has 1 N–H and O–H groups in total. The largest absolute Gasteiger partial charge is 0.366 e. The van der Waals surface area contributed by atoms with Gasteiger partial charge in [0.15, 0.2) is 0 Å². The van der Waals surface area contributed by atoms with Gasteiger partial charge in [0.1, 0.15) is 6.79 Å².